The zero-order valence-corrected chi connectivity index (χ0v) is 11.1. The molecule has 0 aromatic carbocycles. The van der Waals surface area contributed by atoms with Crippen LogP contribution in [0.25, 0.3) is 0 Å². The van der Waals surface area contributed by atoms with Crippen LogP contribution in [0.2, 0.25) is 0 Å². The summed E-state index contributed by atoms with van der Waals surface area (Å²) < 4.78 is 27.5. The van der Waals surface area contributed by atoms with Gasteiger partial charge in [0.15, 0.2) is 0 Å². The maximum atomic E-state index is 11.0. The Hall–Kier alpha value is -0.130. The van der Waals surface area contributed by atoms with Crippen LogP contribution < -0.4 is 0 Å². The van der Waals surface area contributed by atoms with Gasteiger partial charge >= 0.3 is 0 Å². The first-order chi connectivity index (χ1) is 7.12. The molecule has 0 aromatic rings. The van der Waals surface area contributed by atoms with Crippen molar-refractivity contribution in [3.63, 3.8) is 0 Å². The Kier molecular flexibility index (Phi) is 4.03. The lowest BCUT2D eigenvalue weighted by Crippen LogP contribution is -2.45. The second-order valence-electron chi connectivity index (χ2n) is 5.49. The van der Waals surface area contributed by atoms with Crippen molar-refractivity contribution in [3.05, 3.63) is 0 Å². The molecule has 0 aliphatic carbocycles. The minimum absolute atomic E-state index is 0.149. The molecule has 1 heterocycles. The van der Waals surface area contributed by atoms with Crippen molar-refractivity contribution in [2.24, 2.45) is 0 Å². The van der Waals surface area contributed by atoms with Gasteiger partial charge in [-0.05, 0) is 33.1 Å². The molecule has 1 fully saturated rings. The van der Waals surface area contributed by atoms with Crippen LogP contribution in [0.15, 0.2) is 0 Å². The Morgan fingerprint density at radius 1 is 1.38 bits per heavy atom. The number of hydrogen-bond donors (Lipinski definition) is 1. The molecule has 0 saturated carbocycles. The van der Waals surface area contributed by atoms with Crippen LogP contribution in [0, 0.1) is 0 Å². The van der Waals surface area contributed by atoms with E-state index in [2.05, 4.69) is 0 Å². The lowest BCUT2D eigenvalue weighted by molar-refractivity contribution is -0.146. The summed E-state index contributed by atoms with van der Waals surface area (Å²) >= 11 is 0. The second-order valence-corrected chi connectivity index (χ2v) is 7.75. The molecule has 1 unspecified atom stereocenters. The quantitative estimate of drug-likeness (QED) is 0.812. The highest BCUT2D eigenvalue weighted by Crippen LogP contribution is 2.34. The van der Waals surface area contributed by atoms with Crippen LogP contribution >= 0.6 is 0 Å². The van der Waals surface area contributed by atoms with Gasteiger partial charge in [-0.2, -0.15) is 0 Å². The molecular weight excluding hydrogens is 228 g/mol. The van der Waals surface area contributed by atoms with Crippen molar-refractivity contribution >= 4 is 9.84 Å². The summed E-state index contributed by atoms with van der Waals surface area (Å²) in [4.78, 5) is 0. The Balaban J connectivity index is 2.46. The van der Waals surface area contributed by atoms with E-state index in [1.807, 2.05) is 13.8 Å². The van der Waals surface area contributed by atoms with E-state index < -0.39 is 15.4 Å². The Labute approximate surface area is 97.9 Å². The molecule has 5 heteroatoms. The third kappa shape index (κ3) is 4.80. The van der Waals surface area contributed by atoms with Crippen molar-refractivity contribution in [2.45, 2.75) is 50.7 Å². The minimum Gasteiger partial charge on any atom is -0.390 e. The summed E-state index contributed by atoms with van der Waals surface area (Å²) in [5.41, 5.74) is -1.06. The molecule has 1 N–H and O–H groups in total. The molecule has 1 aliphatic rings. The van der Waals surface area contributed by atoms with Gasteiger partial charge in [0.1, 0.15) is 9.84 Å². The smallest absolute Gasteiger partial charge is 0.147 e. The summed E-state index contributed by atoms with van der Waals surface area (Å²) in [7, 11) is -2.92. The van der Waals surface area contributed by atoms with Crippen LogP contribution in [-0.4, -0.2) is 43.3 Å². The summed E-state index contributed by atoms with van der Waals surface area (Å²) in [5, 5.41) is 10.3. The van der Waals surface area contributed by atoms with E-state index in [1.54, 1.807) is 0 Å². The number of rotatable bonds is 4. The molecular formula is C11H22O4S. The van der Waals surface area contributed by atoms with Gasteiger partial charge in [-0.25, -0.2) is 8.42 Å². The second kappa shape index (κ2) is 4.63. The predicted octanol–water partition coefficient (Wildman–Crippen LogP) is 1.13. The molecule has 4 nitrogen and oxygen atoms in total. The van der Waals surface area contributed by atoms with Crippen LogP contribution in [0.3, 0.4) is 0 Å². The summed E-state index contributed by atoms with van der Waals surface area (Å²) in [6.45, 7) is 4.45. The van der Waals surface area contributed by atoms with Crippen molar-refractivity contribution < 1.29 is 18.3 Å². The normalized spacial score (nSPS) is 30.2. The zero-order valence-electron chi connectivity index (χ0n) is 10.3. The Bertz CT molecular complexity index is 334. The highest BCUT2D eigenvalue weighted by Gasteiger charge is 2.38. The molecule has 0 spiro atoms. The molecule has 96 valence electrons. The third-order valence-electron chi connectivity index (χ3n) is 2.97. The monoisotopic (exact) mass is 250 g/mol. The first-order valence-corrected chi connectivity index (χ1v) is 7.72. The average molecular weight is 250 g/mol. The van der Waals surface area contributed by atoms with E-state index in [0.29, 0.717) is 32.3 Å². The highest BCUT2D eigenvalue weighted by atomic mass is 32.2. The summed E-state index contributed by atoms with van der Waals surface area (Å²) in [6.07, 6.45) is 3.45. The number of ether oxygens (including phenoxy) is 1. The molecule has 0 aromatic heterocycles. The van der Waals surface area contributed by atoms with Crippen molar-refractivity contribution in [3.8, 4) is 0 Å². The predicted molar refractivity (Wildman–Crippen MR) is 63.2 cm³/mol. The van der Waals surface area contributed by atoms with Crippen LogP contribution in [-0.2, 0) is 14.6 Å². The van der Waals surface area contributed by atoms with Crippen LogP contribution in [0.4, 0.5) is 0 Å². The van der Waals surface area contributed by atoms with Gasteiger partial charge in [-0.15, -0.1) is 0 Å². The van der Waals surface area contributed by atoms with Gasteiger partial charge in [0.25, 0.3) is 0 Å². The van der Waals surface area contributed by atoms with Gasteiger partial charge in [0, 0.05) is 18.4 Å². The van der Waals surface area contributed by atoms with Crippen molar-refractivity contribution in [1.29, 1.82) is 0 Å². The molecule has 1 aliphatic heterocycles. The van der Waals surface area contributed by atoms with E-state index in [9.17, 15) is 13.5 Å². The topological polar surface area (TPSA) is 63.6 Å². The fourth-order valence-corrected chi connectivity index (χ4v) is 2.99. The van der Waals surface area contributed by atoms with E-state index >= 15 is 0 Å². The van der Waals surface area contributed by atoms with Crippen molar-refractivity contribution in [2.75, 3.05) is 18.6 Å². The zero-order chi connectivity index (χ0) is 12.4. The van der Waals surface area contributed by atoms with Crippen LogP contribution in [0.1, 0.15) is 39.5 Å². The largest absolute Gasteiger partial charge is 0.390 e. The number of aliphatic hydroxyl groups is 1. The van der Waals surface area contributed by atoms with Crippen molar-refractivity contribution in [1.82, 2.24) is 0 Å². The molecule has 1 atom stereocenters. The molecule has 1 rings (SSSR count). The molecule has 1 saturated heterocycles. The third-order valence-corrected chi connectivity index (χ3v) is 4.00. The van der Waals surface area contributed by atoms with E-state index in [4.69, 9.17) is 4.74 Å². The van der Waals surface area contributed by atoms with E-state index in [1.165, 1.54) is 6.26 Å². The van der Waals surface area contributed by atoms with Gasteiger partial charge < -0.3 is 9.84 Å². The minimum atomic E-state index is -2.92. The Morgan fingerprint density at radius 3 is 2.50 bits per heavy atom. The lowest BCUT2D eigenvalue weighted by atomic mass is 9.81. The molecule has 16 heavy (non-hydrogen) atoms. The summed E-state index contributed by atoms with van der Waals surface area (Å²) in [6, 6.07) is 0. The maximum absolute atomic E-state index is 11.0. The lowest BCUT2D eigenvalue weighted by Gasteiger charge is -2.41. The molecule has 0 amide bonds. The van der Waals surface area contributed by atoms with E-state index in [-0.39, 0.29) is 11.4 Å². The van der Waals surface area contributed by atoms with Gasteiger partial charge in [0.05, 0.1) is 17.8 Å². The van der Waals surface area contributed by atoms with Gasteiger partial charge in [0.2, 0.25) is 0 Å². The fraction of sp³-hybridized carbons (Fsp3) is 1.00. The first kappa shape index (κ1) is 13.9. The Morgan fingerprint density at radius 2 is 2.00 bits per heavy atom. The molecule has 0 radical (unpaired) electrons. The average Bonchev–Trinajstić information content (AvgIpc) is 1.97. The molecule has 0 bridgehead atoms. The number of sulfone groups is 1. The maximum Gasteiger partial charge on any atom is 0.147 e. The SMILES string of the molecule is CC1(C)CC(O)(CCCS(C)(=O)=O)CCO1. The van der Waals surface area contributed by atoms with Gasteiger partial charge in [-0.3, -0.25) is 0 Å². The standard InChI is InChI=1S/C11H22O4S/c1-10(2)9-11(12,6-7-15-10)5-4-8-16(3,13)14/h12H,4-9H2,1-3H3. The summed E-state index contributed by atoms with van der Waals surface area (Å²) in [5.74, 6) is 0.149. The van der Waals surface area contributed by atoms with Gasteiger partial charge in [-0.1, -0.05) is 0 Å². The first-order valence-electron chi connectivity index (χ1n) is 5.66. The van der Waals surface area contributed by atoms with Crippen LogP contribution in [0.5, 0.6) is 0 Å². The number of hydrogen-bond acceptors (Lipinski definition) is 4. The fourth-order valence-electron chi connectivity index (χ4n) is 2.33. The highest BCUT2D eigenvalue weighted by molar-refractivity contribution is 7.90. The van der Waals surface area contributed by atoms with E-state index in [0.717, 1.165) is 0 Å².